The molecule has 1 fully saturated rings. The SMILES string of the molecule is CCc1ccc(OCC(O)CN2C(=O)NC(C)(CC)C2=O)cc1. The van der Waals surface area contributed by atoms with Crippen molar-refractivity contribution in [2.75, 3.05) is 13.2 Å². The second-order valence-electron chi connectivity index (χ2n) is 5.99. The monoisotopic (exact) mass is 320 g/mol. The van der Waals surface area contributed by atoms with Crippen LogP contribution in [0.3, 0.4) is 0 Å². The number of urea groups is 1. The molecule has 1 aromatic rings. The van der Waals surface area contributed by atoms with Gasteiger partial charge in [0.1, 0.15) is 24.0 Å². The molecule has 0 aliphatic carbocycles. The van der Waals surface area contributed by atoms with Crippen molar-refractivity contribution in [2.24, 2.45) is 0 Å². The van der Waals surface area contributed by atoms with Gasteiger partial charge in [-0.3, -0.25) is 9.69 Å². The van der Waals surface area contributed by atoms with Gasteiger partial charge in [-0.2, -0.15) is 0 Å². The van der Waals surface area contributed by atoms with Crippen molar-refractivity contribution < 1.29 is 19.4 Å². The number of aryl methyl sites for hydroxylation is 1. The lowest BCUT2D eigenvalue weighted by molar-refractivity contribution is -0.132. The summed E-state index contributed by atoms with van der Waals surface area (Å²) in [5, 5.41) is 12.7. The van der Waals surface area contributed by atoms with E-state index in [1.54, 1.807) is 6.92 Å². The molecule has 2 rings (SSSR count). The molecule has 6 heteroatoms. The number of benzene rings is 1. The molecule has 3 amide bonds. The number of hydrogen-bond donors (Lipinski definition) is 2. The zero-order valence-corrected chi connectivity index (χ0v) is 13.8. The van der Waals surface area contributed by atoms with Crippen molar-refractivity contribution in [3.63, 3.8) is 0 Å². The van der Waals surface area contributed by atoms with E-state index >= 15 is 0 Å². The summed E-state index contributed by atoms with van der Waals surface area (Å²) in [4.78, 5) is 25.2. The molecule has 0 aromatic heterocycles. The number of rotatable bonds is 7. The average molecular weight is 320 g/mol. The Morgan fingerprint density at radius 3 is 2.43 bits per heavy atom. The highest BCUT2D eigenvalue weighted by atomic mass is 16.5. The van der Waals surface area contributed by atoms with E-state index in [0.29, 0.717) is 12.2 Å². The first-order valence-corrected chi connectivity index (χ1v) is 7.93. The lowest BCUT2D eigenvalue weighted by Crippen LogP contribution is -2.44. The molecule has 1 aliphatic rings. The van der Waals surface area contributed by atoms with Crippen LogP contribution in [-0.4, -0.2) is 46.7 Å². The molecule has 0 bridgehead atoms. The Bertz CT molecular complexity index is 572. The fourth-order valence-corrected chi connectivity index (χ4v) is 2.43. The van der Waals surface area contributed by atoms with E-state index in [1.807, 2.05) is 31.2 Å². The molecular weight excluding hydrogens is 296 g/mol. The number of imide groups is 1. The van der Waals surface area contributed by atoms with Gasteiger partial charge in [-0.05, 0) is 37.5 Å². The molecule has 0 saturated carbocycles. The number of ether oxygens (including phenoxy) is 1. The van der Waals surface area contributed by atoms with Gasteiger partial charge in [-0.25, -0.2) is 4.79 Å². The molecular formula is C17H24N2O4. The summed E-state index contributed by atoms with van der Waals surface area (Å²) in [5.41, 5.74) is 0.323. The summed E-state index contributed by atoms with van der Waals surface area (Å²) in [6.45, 7) is 5.53. The van der Waals surface area contributed by atoms with Gasteiger partial charge in [0.15, 0.2) is 0 Å². The van der Waals surface area contributed by atoms with Crippen LogP contribution in [0.4, 0.5) is 4.79 Å². The zero-order valence-electron chi connectivity index (χ0n) is 13.8. The molecule has 1 aliphatic heterocycles. The highest BCUT2D eigenvalue weighted by Gasteiger charge is 2.46. The standard InChI is InChI=1S/C17H24N2O4/c1-4-12-6-8-14(9-7-12)23-11-13(20)10-19-15(21)17(3,5-2)18-16(19)22/h6-9,13,20H,4-5,10-11H2,1-3H3,(H,18,22). The van der Waals surface area contributed by atoms with Crippen LogP contribution in [0.5, 0.6) is 5.75 Å². The van der Waals surface area contributed by atoms with Gasteiger partial charge >= 0.3 is 6.03 Å². The highest BCUT2D eigenvalue weighted by molar-refractivity contribution is 6.06. The zero-order chi connectivity index (χ0) is 17.0. The first kappa shape index (κ1) is 17.3. The fraction of sp³-hybridized carbons (Fsp3) is 0.529. The largest absolute Gasteiger partial charge is 0.491 e. The van der Waals surface area contributed by atoms with Crippen LogP contribution >= 0.6 is 0 Å². The maximum Gasteiger partial charge on any atom is 0.325 e. The third-order valence-corrected chi connectivity index (χ3v) is 4.22. The number of amides is 3. The number of aliphatic hydroxyl groups is 1. The lowest BCUT2D eigenvalue weighted by atomic mass is 9.99. The number of carbonyl (C=O) groups is 2. The minimum Gasteiger partial charge on any atom is -0.491 e. The minimum absolute atomic E-state index is 0.0192. The quantitative estimate of drug-likeness (QED) is 0.750. The van der Waals surface area contributed by atoms with E-state index in [4.69, 9.17) is 4.74 Å². The second-order valence-corrected chi connectivity index (χ2v) is 5.99. The van der Waals surface area contributed by atoms with Crippen LogP contribution in [0.2, 0.25) is 0 Å². The van der Waals surface area contributed by atoms with Crippen LogP contribution in [0.15, 0.2) is 24.3 Å². The predicted octanol–water partition coefficient (Wildman–Crippen LogP) is 1.71. The van der Waals surface area contributed by atoms with Gasteiger partial charge in [0.25, 0.3) is 5.91 Å². The molecule has 23 heavy (non-hydrogen) atoms. The summed E-state index contributed by atoms with van der Waals surface area (Å²) in [6, 6.07) is 7.14. The van der Waals surface area contributed by atoms with Crippen molar-refractivity contribution in [3.05, 3.63) is 29.8 Å². The summed E-state index contributed by atoms with van der Waals surface area (Å²) >= 11 is 0. The van der Waals surface area contributed by atoms with Gasteiger partial charge in [0.05, 0.1) is 6.54 Å². The molecule has 2 unspecified atom stereocenters. The summed E-state index contributed by atoms with van der Waals surface area (Å²) < 4.78 is 5.51. The Balaban J connectivity index is 1.88. The smallest absolute Gasteiger partial charge is 0.325 e. The summed E-state index contributed by atoms with van der Waals surface area (Å²) in [6.07, 6.45) is 0.519. The second kappa shape index (κ2) is 7.00. The van der Waals surface area contributed by atoms with Crippen LogP contribution in [0, 0.1) is 0 Å². The van der Waals surface area contributed by atoms with E-state index in [9.17, 15) is 14.7 Å². The molecule has 126 valence electrons. The molecule has 1 saturated heterocycles. The Morgan fingerprint density at radius 2 is 1.91 bits per heavy atom. The number of hydrogen-bond acceptors (Lipinski definition) is 4. The normalized spacial score (nSPS) is 22.2. The number of aliphatic hydroxyl groups excluding tert-OH is 1. The molecule has 0 spiro atoms. The van der Waals surface area contributed by atoms with E-state index in [1.165, 1.54) is 5.56 Å². The van der Waals surface area contributed by atoms with Gasteiger partial charge in [-0.1, -0.05) is 26.0 Å². The van der Waals surface area contributed by atoms with Crippen molar-refractivity contribution in [3.8, 4) is 5.75 Å². The van der Waals surface area contributed by atoms with E-state index in [0.717, 1.165) is 11.3 Å². The topological polar surface area (TPSA) is 78.9 Å². The maximum atomic E-state index is 12.2. The third kappa shape index (κ3) is 3.82. The number of nitrogens with one attached hydrogen (secondary N) is 1. The average Bonchev–Trinajstić information content (AvgIpc) is 2.77. The summed E-state index contributed by atoms with van der Waals surface area (Å²) in [7, 11) is 0. The fourth-order valence-electron chi connectivity index (χ4n) is 2.43. The van der Waals surface area contributed by atoms with Crippen LogP contribution in [0.1, 0.15) is 32.8 Å². The molecule has 2 atom stereocenters. The Kier molecular flexibility index (Phi) is 5.26. The third-order valence-electron chi connectivity index (χ3n) is 4.22. The Hall–Kier alpha value is -2.08. The van der Waals surface area contributed by atoms with E-state index in [-0.39, 0.29) is 19.1 Å². The van der Waals surface area contributed by atoms with Crippen molar-refractivity contribution in [1.82, 2.24) is 10.2 Å². The molecule has 1 aromatic carbocycles. The minimum atomic E-state index is -0.935. The molecule has 1 heterocycles. The highest BCUT2D eigenvalue weighted by Crippen LogP contribution is 2.21. The Morgan fingerprint density at radius 1 is 1.26 bits per heavy atom. The van der Waals surface area contributed by atoms with Gasteiger partial charge in [-0.15, -0.1) is 0 Å². The van der Waals surface area contributed by atoms with Gasteiger partial charge in [0, 0.05) is 0 Å². The van der Waals surface area contributed by atoms with Crippen molar-refractivity contribution in [1.29, 1.82) is 0 Å². The first-order chi connectivity index (χ1) is 10.9. The van der Waals surface area contributed by atoms with Crippen molar-refractivity contribution >= 4 is 11.9 Å². The number of β-amino-alcohol motifs (C(OH)–C–C–N with tert-alkyl or cyclic N) is 1. The van der Waals surface area contributed by atoms with Gasteiger partial charge in [0.2, 0.25) is 0 Å². The lowest BCUT2D eigenvalue weighted by Gasteiger charge is -2.21. The Labute approximate surface area is 136 Å². The van der Waals surface area contributed by atoms with Gasteiger partial charge < -0.3 is 15.2 Å². The number of nitrogens with zero attached hydrogens (tertiary/aromatic N) is 1. The maximum absolute atomic E-state index is 12.2. The van der Waals surface area contributed by atoms with Crippen LogP contribution < -0.4 is 10.1 Å². The molecule has 6 nitrogen and oxygen atoms in total. The molecule has 2 N–H and O–H groups in total. The number of carbonyl (C=O) groups excluding carboxylic acids is 2. The van der Waals surface area contributed by atoms with Crippen LogP contribution in [0.25, 0.3) is 0 Å². The summed E-state index contributed by atoms with van der Waals surface area (Å²) in [5.74, 6) is 0.341. The predicted molar refractivity (Wildman–Crippen MR) is 86.3 cm³/mol. The van der Waals surface area contributed by atoms with E-state index < -0.39 is 17.7 Å². The van der Waals surface area contributed by atoms with E-state index in [2.05, 4.69) is 12.2 Å². The van der Waals surface area contributed by atoms with Crippen molar-refractivity contribution in [2.45, 2.75) is 45.3 Å². The van der Waals surface area contributed by atoms with Crippen LogP contribution in [-0.2, 0) is 11.2 Å². The molecule has 0 radical (unpaired) electrons. The first-order valence-electron chi connectivity index (χ1n) is 7.93.